The molecule has 0 fully saturated rings. The van der Waals surface area contributed by atoms with Crippen LogP contribution in [0.4, 0.5) is 5.69 Å². The fourth-order valence-electron chi connectivity index (χ4n) is 1.59. The summed E-state index contributed by atoms with van der Waals surface area (Å²) in [6.45, 7) is 2.48. The third-order valence-corrected chi connectivity index (χ3v) is 2.59. The second-order valence-corrected chi connectivity index (χ2v) is 3.63. The van der Waals surface area contributed by atoms with Crippen LogP contribution in [0.3, 0.4) is 0 Å². The van der Waals surface area contributed by atoms with Crippen molar-refractivity contribution >= 4 is 23.1 Å². The van der Waals surface area contributed by atoms with Crippen LogP contribution in [0, 0.1) is 0 Å². The van der Waals surface area contributed by atoms with Gasteiger partial charge in [0, 0.05) is 17.8 Å². The molecule has 2 nitrogen and oxygen atoms in total. The van der Waals surface area contributed by atoms with Crippen molar-refractivity contribution in [2.45, 2.75) is 13.3 Å². The van der Waals surface area contributed by atoms with Crippen molar-refractivity contribution in [2.75, 3.05) is 11.9 Å². The van der Waals surface area contributed by atoms with E-state index >= 15 is 0 Å². The molecule has 0 saturated heterocycles. The summed E-state index contributed by atoms with van der Waals surface area (Å²) in [5, 5.41) is 3.75. The summed E-state index contributed by atoms with van der Waals surface area (Å²) in [6, 6.07) is 3.72. The lowest BCUT2D eigenvalue weighted by atomic mass is 10.1. The number of nitrogens with one attached hydrogen (secondary N) is 1. The number of benzene rings is 1. The molecule has 1 aromatic carbocycles. The van der Waals surface area contributed by atoms with Gasteiger partial charge < -0.3 is 5.32 Å². The Hall–Kier alpha value is -1.02. The highest BCUT2D eigenvalue weighted by atomic mass is 35.5. The standard InChI is InChI=1S/C10H10ClNO/c1-6(13)8-4-7-2-3-12-10(7)5-9(8)11/h4-5,12H,2-3H2,1H3. The summed E-state index contributed by atoms with van der Waals surface area (Å²) >= 11 is 5.94. The van der Waals surface area contributed by atoms with Crippen LogP contribution in [0.1, 0.15) is 22.8 Å². The van der Waals surface area contributed by atoms with Gasteiger partial charge in [0.15, 0.2) is 5.78 Å². The van der Waals surface area contributed by atoms with Gasteiger partial charge in [-0.1, -0.05) is 11.6 Å². The van der Waals surface area contributed by atoms with Crippen molar-refractivity contribution in [2.24, 2.45) is 0 Å². The number of carbonyl (C=O) groups excluding carboxylic acids is 1. The second kappa shape index (κ2) is 3.04. The predicted octanol–water partition coefficient (Wildman–Crippen LogP) is 2.51. The SMILES string of the molecule is CC(=O)c1cc2c(cc1Cl)NCC2. The van der Waals surface area contributed by atoms with E-state index in [1.165, 1.54) is 12.5 Å². The molecule has 1 N–H and O–H groups in total. The lowest BCUT2D eigenvalue weighted by Crippen LogP contribution is -1.95. The minimum absolute atomic E-state index is 0.0275. The van der Waals surface area contributed by atoms with Crippen molar-refractivity contribution in [3.63, 3.8) is 0 Å². The number of Topliss-reactive ketones (excluding diaryl/α,β-unsaturated/α-hetero) is 1. The number of anilines is 1. The van der Waals surface area contributed by atoms with Gasteiger partial charge in [-0.15, -0.1) is 0 Å². The Morgan fingerprint density at radius 1 is 1.54 bits per heavy atom. The lowest BCUT2D eigenvalue weighted by molar-refractivity contribution is 0.101. The van der Waals surface area contributed by atoms with E-state index in [0.717, 1.165) is 18.7 Å². The van der Waals surface area contributed by atoms with Crippen LogP contribution in [0.15, 0.2) is 12.1 Å². The first-order chi connectivity index (χ1) is 6.18. The van der Waals surface area contributed by atoms with E-state index in [0.29, 0.717) is 10.6 Å². The van der Waals surface area contributed by atoms with E-state index in [1.807, 2.05) is 12.1 Å². The van der Waals surface area contributed by atoms with Crippen molar-refractivity contribution < 1.29 is 4.79 Å². The van der Waals surface area contributed by atoms with Gasteiger partial charge in [0.2, 0.25) is 0 Å². The van der Waals surface area contributed by atoms with Gasteiger partial charge in [0.05, 0.1) is 5.02 Å². The Labute approximate surface area is 81.9 Å². The first kappa shape index (κ1) is 8.57. The van der Waals surface area contributed by atoms with E-state index in [2.05, 4.69) is 5.32 Å². The number of halogens is 1. The molecule has 1 heterocycles. The van der Waals surface area contributed by atoms with Crippen LogP contribution in [-0.4, -0.2) is 12.3 Å². The maximum Gasteiger partial charge on any atom is 0.161 e. The van der Waals surface area contributed by atoms with Gasteiger partial charge in [-0.3, -0.25) is 4.79 Å². The van der Waals surface area contributed by atoms with Crippen molar-refractivity contribution in [1.29, 1.82) is 0 Å². The Morgan fingerprint density at radius 3 is 3.00 bits per heavy atom. The zero-order valence-corrected chi connectivity index (χ0v) is 8.11. The van der Waals surface area contributed by atoms with Crippen LogP contribution in [0.25, 0.3) is 0 Å². The van der Waals surface area contributed by atoms with Crippen LogP contribution >= 0.6 is 11.6 Å². The topological polar surface area (TPSA) is 29.1 Å². The fraction of sp³-hybridized carbons (Fsp3) is 0.300. The van der Waals surface area contributed by atoms with Gasteiger partial charge in [0.25, 0.3) is 0 Å². The van der Waals surface area contributed by atoms with E-state index in [1.54, 1.807) is 0 Å². The van der Waals surface area contributed by atoms with Crippen LogP contribution in [0.5, 0.6) is 0 Å². The maximum atomic E-state index is 11.2. The number of hydrogen-bond donors (Lipinski definition) is 1. The molecule has 0 bridgehead atoms. The average Bonchev–Trinajstić information content (AvgIpc) is 2.48. The molecule has 0 aliphatic carbocycles. The van der Waals surface area contributed by atoms with Crippen LogP contribution < -0.4 is 5.32 Å². The fourth-order valence-corrected chi connectivity index (χ4v) is 1.89. The molecule has 0 amide bonds. The van der Waals surface area contributed by atoms with E-state index in [9.17, 15) is 4.79 Å². The van der Waals surface area contributed by atoms with Crippen LogP contribution in [0.2, 0.25) is 5.02 Å². The van der Waals surface area contributed by atoms with Gasteiger partial charge >= 0.3 is 0 Å². The highest BCUT2D eigenvalue weighted by Gasteiger charge is 2.14. The van der Waals surface area contributed by atoms with Gasteiger partial charge in [-0.2, -0.15) is 0 Å². The first-order valence-electron chi connectivity index (χ1n) is 4.25. The normalized spacial score (nSPS) is 13.7. The minimum atomic E-state index is 0.0275. The first-order valence-corrected chi connectivity index (χ1v) is 4.63. The number of fused-ring (bicyclic) bond motifs is 1. The largest absolute Gasteiger partial charge is 0.384 e. The number of rotatable bonds is 1. The third-order valence-electron chi connectivity index (χ3n) is 2.28. The molecule has 68 valence electrons. The molecule has 0 saturated carbocycles. The zero-order chi connectivity index (χ0) is 9.42. The average molecular weight is 196 g/mol. The minimum Gasteiger partial charge on any atom is -0.384 e. The monoisotopic (exact) mass is 195 g/mol. The zero-order valence-electron chi connectivity index (χ0n) is 7.36. The van der Waals surface area contributed by atoms with Crippen LogP contribution in [-0.2, 0) is 6.42 Å². The summed E-state index contributed by atoms with van der Waals surface area (Å²) in [5.74, 6) is 0.0275. The molecule has 1 aliphatic rings. The summed E-state index contributed by atoms with van der Waals surface area (Å²) in [4.78, 5) is 11.2. The van der Waals surface area contributed by atoms with Crippen molar-refractivity contribution in [3.05, 3.63) is 28.3 Å². The Morgan fingerprint density at radius 2 is 2.31 bits per heavy atom. The molecule has 0 atom stereocenters. The van der Waals surface area contributed by atoms with Gasteiger partial charge in [-0.25, -0.2) is 0 Å². The Bertz CT molecular complexity index is 373. The Kier molecular flexibility index (Phi) is 2.00. The highest BCUT2D eigenvalue weighted by Crippen LogP contribution is 2.29. The molecule has 0 spiro atoms. The van der Waals surface area contributed by atoms with Gasteiger partial charge in [0.1, 0.15) is 0 Å². The van der Waals surface area contributed by atoms with E-state index in [-0.39, 0.29) is 5.78 Å². The highest BCUT2D eigenvalue weighted by molar-refractivity contribution is 6.34. The number of hydrogen-bond acceptors (Lipinski definition) is 2. The predicted molar refractivity (Wildman–Crippen MR) is 53.7 cm³/mol. The van der Waals surface area contributed by atoms with Crippen molar-refractivity contribution in [1.82, 2.24) is 0 Å². The second-order valence-electron chi connectivity index (χ2n) is 3.22. The molecule has 2 rings (SSSR count). The smallest absolute Gasteiger partial charge is 0.161 e. The summed E-state index contributed by atoms with van der Waals surface area (Å²) < 4.78 is 0. The quantitative estimate of drug-likeness (QED) is 0.698. The summed E-state index contributed by atoms with van der Waals surface area (Å²) in [7, 11) is 0. The molecule has 0 radical (unpaired) electrons. The number of ketones is 1. The summed E-state index contributed by atoms with van der Waals surface area (Å²) in [6.07, 6.45) is 0.979. The molecule has 3 heteroatoms. The Balaban J connectivity index is 2.55. The van der Waals surface area contributed by atoms with E-state index < -0.39 is 0 Å². The lowest BCUT2D eigenvalue weighted by Gasteiger charge is -2.04. The molecule has 1 aromatic rings. The maximum absolute atomic E-state index is 11.2. The van der Waals surface area contributed by atoms with E-state index in [4.69, 9.17) is 11.6 Å². The van der Waals surface area contributed by atoms with Gasteiger partial charge in [-0.05, 0) is 31.0 Å². The summed E-state index contributed by atoms with van der Waals surface area (Å²) in [5.41, 5.74) is 2.88. The molecule has 1 aliphatic heterocycles. The molecule has 0 aromatic heterocycles. The third kappa shape index (κ3) is 1.42. The molecular formula is C10H10ClNO. The molecule has 13 heavy (non-hydrogen) atoms. The number of carbonyl (C=O) groups is 1. The molecular weight excluding hydrogens is 186 g/mol. The molecule has 0 unspecified atom stereocenters. The van der Waals surface area contributed by atoms with Crippen molar-refractivity contribution in [3.8, 4) is 0 Å².